The van der Waals surface area contributed by atoms with Crippen LogP contribution in [0, 0.1) is 5.92 Å². The molecule has 0 unspecified atom stereocenters. The van der Waals surface area contributed by atoms with Gasteiger partial charge in [0.1, 0.15) is 18.3 Å². The lowest BCUT2D eigenvalue weighted by atomic mass is 9.96. The molecule has 1 saturated carbocycles. The van der Waals surface area contributed by atoms with Gasteiger partial charge >= 0.3 is 0 Å². The van der Waals surface area contributed by atoms with Crippen molar-refractivity contribution in [1.29, 1.82) is 0 Å². The molecule has 2 aliphatic rings. The molecular weight excluding hydrogens is 306 g/mol. The summed E-state index contributed by atoms with van der Waals surface area (Å²) in [6.45, 7) is 0.886. The predicted molar refractivity (Wildman–Crippen MR) is 89.5 cm³/mol. The monoisotopic (exact) mass is 329 g/mol. The lowest BCUT2D eigenvalue weighted by Crippen LogP contribution is -2.42. The number of hydrogen-bond acceptors (Lipinski definition) is 4. The number of rotatable bonds is 3. The van der Waals surface area contributed by atoms with Crippen LogP contribution >= 0.6 is 0 Å². The Balaban J connectivity index is 1.55. The maximum Gasteiger partial charge on any atom is 0.264 e. The first kappa shape index (κ1) is 15.4. The largest absolute Gasteiger partial charge is 0.338 e. The minimum atomic E-state index is -0.196. The van der Waals surface area contributed by atoms with E-state index in [0.717, 1.165) is 19.4 Å². The maximum absolute atomic E-state index is 12.8. The van der Waals surface area contributed by atoms with E-state index < -0.39 is 0 Å². The summed E-state index contributed by atoms with van der Waals surface area (Å²) in [6, 6.07) is 0.366. The molecular formula is C17H23N5O2. The summed E-state index contributed by atoms with van der Waals surface area (Å²) in [4.78, 5) is 31.6. The number of aromatic nitrogens is 4. The molecule has 0 spiro atoms. The lowest BCUT2D eigenvalue weighted by molar-refractivity contribution is -0.133. The first-order valence-corrected chi connectivity index (χ1v) is 8.82. The highest BCUT2D eigenvalue weighted by Crippen LogP contribution is 2.35. The third-order valence-electron chi connectivity index (χ3n) is 5.59. The van der Waals surface area contributed by atoms with Crippen molar-refractivity contribution in [3.05, 3.63) is 22.9 Å². The van der Waals surface area contributed by atoms with Gasteiger partial charge in [-0.05, 0) is 31.6 Å². The highest BCUT2D eigenvalue weighted by Gasteiger charge is 2.35. The SMILES string of the molecule is Cn1ncc2c(=O)n(CC(=O)N3CCC[C@H]3C3CCCC3)cnc21. The summed E-state index contributed by atoms with van der Waals surface area (Å²) < 4.78 is 2.98. The van der Waals surface area contributed by atoms with Gasteiger partial charge < -0.3 is 4.90 Å². The molecule has 2 fully saturated rings. The standard InChI is InChI=1S/C17H23N5O2/c1-20-16-13(9-19-20)17(24)21(11-18-16)10-15(23)22-8-4-7-14(22)12-5-2-3-6-12/h9,11-12,14H,2-8,10H2,1H3/t14-/m0/s1. The van der Waals surface area contributed by atoms with E-state index >= 15 is 0 Å². The van der Waals surface area contributed by atoms with Crippen LogP contribution in [0.2, 0.25) is 0 Å². The van der Waals surface area contributed by atoms with E-state index in [0.29, 0.717) is 23.0 Å². The minimum absolute atomic E-state index is 0.0385. The molecule has 24 heavy (non-hydrogen) atoms. The van der Waals surface area contributed by atoms with Crippen LogP contribution in [0.3, 0.4) is 0 Å². The van der Waals surface area contributed by atoms with Crippen molar-refractivity contribution in [1.82, 2.24) is 24.2 Å². The zero-order chi connectivity index (χ0) is 16.7. The van der Waals surface area contributed by atoms with Crippen molar-refractivity contribution in [2.75, 3.05) is 6.54 Å². The number of carbonyl (C=O) groups excluding carboxylic acids is 1. The van der Waals surface area contributed by atoms with Crippen LogP contribution in [0.5, 0.6) is 0 Å². The number of fused-ring (bicyclic) bond motifs is 1. The van der Waals surface area contributed by atoms with E-state index in [4.69, 9.17) is 0 Å². The van der Waals surface area contributed by atoms with E-state index in [1.54, 1.807) is 11.7 Å². The molecule has 0 bridgehead atoms. The van der Waals surface area contributed by atoms with Crippen LogP contribution in [0.15, 0.2) is 17.3 Å². The zero-order valence-electron chi connectivity index (χ0n) is 14.0. The summed E-state index contributed by atoms with van der Waals surface area (Å²) in [5.74, 6) is 0.684. The fraction of sp³-hybridized carbons (Fsp3) is 0.647. The Bertz CT molecular complexity index is 818. The van der Waals surface area contributed by atoms with E-state index in [-0.39, 0.29) is 18.0 Å². The van der Waals surface area contributed by atoms with Crippen LogP contribution in [0.1, 0.15) is 38.5 Å². The molecule has 1 amide bonds. The van der Waals surface area contributed by atoms with Crippen molar-refractivity contribution in [2.45, 2.75) is 51.1 Å². The molecule has 0 aromatic carbocycles. The van der Waals surface area contributed by atoms with Crippen molar-refractivity contribution >= 4 is 16.9 Å². The normalized spacial score (nSPS) is 21.9. The number of aryl methyl sites for hydroxylation is 1. The average molecular weight is 329 g/mol. The van der Waals surface area contributed by atoms with Gasteiger partial charge in [0.15, 0.2) is 5.65 Å². The molecule has 1 atom stereocenters. The molecule has 2 aromatic rings. The average Bonchev–Trinajstić information content (AvgIpc) is 3.30. The van der Waals surface area contributed by atoms with Crippen molar-refractivity contribution < 1.29 is 4.79 Å². The zero-order valence-corrected chi connectivity index (χ0v) is 14.0. The minimum Gasteiger partial charge on any atom is -0.338 e. The molecule has 0 radical (unpaired) electrons. The highest BCUT2D eigenvalue weighted by atomic mass is 16.2. The van der Waals surface area contributed by atoms with Gasteiger partial charge in [-0.25, -0.2) is 4.98 Å². The molecule has 1 aliphatic carbocycles. The van der Waals surface area contributed by atoms with E-state index in [1.165, 1.54) is 42.8 Å². The summed E-state index contributed by atoms with van der Waals surface area (Å²) in [6.07, 6.45) is 10.2. The molecule has 7 nitrogen and oxygen atoms in total. The molecule has 1 saturated heterocycles. The Morgan fingerprint density at radius 3 is 2.83 bits per heavy atom. The Hall–Kier alpha value is -2.18. The van der Waals surface area contributed by atoms with Gasteiger partial charge in [-0.15, -0.1) is 0 Å². The van der Waals surface area contributed by atoms with Gasteiger partial charge in [0, 0.05) is 19.6 Å². The highest BCUT2D eigenvalue weighted by molar-refractivity contribution is 5.78. The first-order chi connectivity index (χ1) is 11.6. The second-order valence-electron chi connectivity index (χ2n) is 7.02. The summed E-state index contributed by atoms with van der Waals surface area (Å²) >= 11 is 0. The Kier molecular flexibility index (Phi) is 3.86. The quantitative estimate of drug-likeness (QED) is 0.851. The van der Waals surface area contributed by atoms with Crippen LogP contribution < -0.4 is 5.56 Å². The molecule has 2 aromatic heterocycles. The van der Waals surface area contributed by atoms with Gasteiger partial charge in [0.25, 0.3) is 5.56 Å². The lowest BCUT2D eigenvalue weighted by Gasteiger charge is -2.29. The number of carbonyl (C=O) groups is 1. The van der Waals surface area contributed by atoms with Gasteiger partial charge in [0.05, 0.1) is 6.20 Å². The molecule has 1 aliphatic heterocycles. The van der Waals surface area contributed by atoms with Crippen molar-refractivity contribution in [3.8, 4) is 0 Å². The third-order valence-corrected chi connectivity index (χ3v) is 5.59. The predicted octanol–water partition coefficient (Wildman–Crippen LogP) is 1.31. The van der Waals surface area contributed by atoms with Crippen LogP contribution in [0.4, 0.5) is 0 Å². The topological polar surface area (TPSA) is 73.0 Å². The molecule has 0 N–H and O–H groups in total. The fourth-order valence-electron chi connectivity index (χ4n) is 4.35. The fourth-order valence-corrected chi connectivity index (χ4v) is 4.35. The second kappa shape index (κ2) is 6.03. The number of nitrogens with zero attached hydrogens (tertiary/aromatic N) is 5. The molecule has 7 heteroatoms. The number of hydrogen-bond donors (Lipinski definition) is 0. The van der Waals surface area contributed by atoms with Crippen LogP contribution in [0.25, 0.3) is 11.0 Å². The number of amides is 1. The molecule has 4 rings (SSSR count). The third kappa shape index (κ3) is 2.52. The first-order valence-electron chi connectivity index (χ1n) is 8.82. The smallest absolute Gasteiger partial charge is 0.264 e. The van der Waals surface area contributed by atoms with Gasteiger partial charge in [-0.3, -0.25) is 18.8 Å². The summed E-state index contributed by atoms with van der Waals surface area (Å²) in [5, 5.41) is 4.52. The van der Waals surface area contributed by atoms with E-state index in [1.807, 2.05) is 4.90 Å². The Morgan fingerprint density at radius 1 is 1.25 bits per heavy atom. The van der Waals surface area contributed by atoms with Gasteiger partial charge in [0.2, 0.25) is 5.91 Å². The second-order valence-corrected chi connectivity index (χ2v) is 7.02. The summed E-state index contributed by atoms with van der Waals surface area (Å²) in [5.41, 5.74) is 0.353. The van der Waals surface area contributed by atoms with Crippen LogP contribution in [-0.2, 0) is 18.4 Å². The Morgan fingerprint density at radius 2 is 2.04 bits per heavy atom. The van der Waals surface area contributed by atoms with E-state index in [2.05, 4.69) is 10.1 Å². The van der Waals surface area contributed by atoms with Gasteiger partial charge in [-0.1, -0.05) is 12.8 Å². The van der Waals surface area contributed by atoms with Crippen LogP contribution in [-0.4, -0.2) is 42.7 Å². The molecule has 128 valence electrons. The number of likely N-dealkylation sites (tertiary alicyclic amines) is 1. The Labute approximate surface area is 140 Å². The summed E-state index contributed by atoms with van der Waals surface area (Å²) in [7, 11) is 1.75. The van der Waals surface area contributed by atoms with Gasteiger partial charge in [-0.2, -0.15) is 5.10 Å². The molecule has 3 heterocycles. The maximum atomic E-state index is 12.8. The van der Waals surface area contributed by atoms with Crippen molar-refractivity contribution in [3.63, 3.8) is 0 Å². The van der Waals surface area contributed by atoms with Crippen molar-refractivity contribution in [2.24, 2.45) is 13.0 Å². The van der Waals surface area contributed by atoms with E-state index in [9.17, 15) is 9.59 Å².